The van der Waals surface area contributed by atoms with Crippen molar-refractivity contribution < 1.29 is 37.6 Å². The molecule has 0 fully saturated rings. The topological polar surface area (TPSA) is 134 Å². The van der Waals surface area contributed by atoms with E-state index in [9.17, 15) is 19.0 Å². The lowest BCUT2D eigenvalue weighted by atomic mass is 10.1. The minimum atomic E-state index is -4.40. The van der Waals surface area contributed by atoms with Gasteiger partial charge in [-0.25, -0.2) is 4.57 Å². The molecule has 0 spiro atoms. The van der Waals surface area contributed by atoms with Gasteiger partial charge >= 0.3 is 19.8 Å². The fraction of sp³-hybridized carbons (Fsp3) is 0.600. The summed E-state index contributed by atoms with van der Waals surface area (Å²) in [6.45, 7) is 3.47. The van der Waals surface area contributed by atoms with Crippen LogP contribution in [-0.2, 0) is 32.7 Å². The third-order valence-electron chi connectivity index (χ3n) is 7.95. The average Bonchev–Trinajstić information content (AvgIpc) is 3.17. The number of nitrogens with two attached hydrogens (primary N) is 1. The Morgan fingerprint density at radius 1 is 0.564 bits per heavy atom. The number of ether oxygens (including phenoxy) is 2. The third-order valence-corrected chi connectivity index (χ3v) is 8.94. The zero-order chi connectivity index (χ0) is 40.3. The Hall–Kier alpha value is -3.07. The van der Waals surface area contributed by atoms with Crippen LogP contribution in [0.1, 0.15) is 142 Å². The second kappa shape index (κ2) is 40.6. The van der Waals surface area contributed by atoms with Gasteiger partial charge in [0.1, 0.15) is 6.61 Å². The van der Waals surface area contributed by atoms with Crippen molar-refractivity contribution >= 4 is 19.8 Å². The monoisotopic (exact) mass is 788 g/mol. The molecule has 0 aromatic heterocycles. The van der Waals surface area contributed by atoms with E-state index in [2.05, 4.69) is 111 Å². The van der Waals surface area contributed by atoms with Gasteiger partial charge in [0.25, 0.3) is 0 Å². The molecule has 0 bridgehead atoms. The molecule has 0 heterocycles. The van der Waals surface area contributed by atoms with Gasteiger partial charge in [-0.15, -0.1) is 0 Å². The van der Waals surface area contributed by atoms with Gasteiger partial charge in [-0.1, -0.05) is 130 Å². The van der Waals surface area contributed by atoms with Crippen molar-refractivity contribution in [3.63, 3.8) is 0 Å². The SMILES string of the molecule is CC/C=C/C/C=C/C/C=C/C/C=C/CCCCC(=O)OC[C@H](COP(=O)(O)OCCN)OC(=O)CCCCC/C=C/C/C=C/C/C=C/C/C=C/CCCCC. The second-order valence-corrected chi connectivity index (χ2v) is 14.6. The van der Waals surface area contributed by atoms with Crippen LogP contribution in [0.4, 0.5) is 0 Å². The fourth-order valence-corrected chi connectivity index (χ4v) is 5.67. The Bertz CT molecular complexity index is 1220. The normalized spacial score (nSPS) is 14.3. The summed E-state index contributed by atoms with van der Waals surface area (Å²) >= 11 is 0. The number of allylic oxidation sites excluding steroid dienone is 16. The minimum Gasteiger partial charge on any atom is -0.462 e. The van der Waals surface area contributed by atoms with Gasteiger partial charge in [0, 0.05) is 19.4 Å². The summed E-state index contributed by atoms with van der Waals surface area (Å²) in [5.74, 6) is -0.925. The first-order chi connectivity index (χ1) is 26.8. The van der Waals surface area contributed by atoms with E-state index in [1.165, 1.54) is 25.7 Å². The van der Waals surface area contributed by atoms with Crippen molar-refractivity contribution in [2.24, 2.45) is 5.73 Å². The van der Waals surface area contributed by atoms with Gasteiger partial charge in [-0.2, -0.15) is 0 Å². The number of unbranched alkanes of at least 4 members (excludes halogenated alkanes) is 8. The molecule has 0 aliphatic heterocycles. The quantitative estimate of drug-likeness (QED) is 0.0273. The van der Waals surface area contributed by atoms with Gasteiger partial charge in [-0.3, -0.25) is 18.6 Å². The number of hydrogen-bond donors (Lipinski definition) is 2. The molecule has 2 atom stereocenters. The van der Waals surface area contributed by atoms with Crippen LogP contribution < -0.4 is 5.73 Å². The molecular formula is C45H74NO8P. The molecule has 0 amide bonds. The summed E-state index contributed by atoms with van der Waals surface area (Å²) < 4.78 is 32.7. The molecule has 312 valence electrons. The Kier molecular flexibility index (Phi) is 38.3. The van der Waals surface area contributed by atoms with E-state index in [4.69, 9.17) is 24.3 Å². The summed E-state index contributed by atoms with van der Waals surface area (Å²) in [5.41, 5.74) is 5.34. The molecule has 9 nitrogen and oxygen atoms in total. The fourth-order valence-electron chi connectivity index (χ4n) is 4.90. The van der Waals surface area contributed by atoms with Crippen molar-refractivity contribution in [3.05, 3.63) is 97.2 Å². The van der Waals surface area contributed by atoms with E-state index in [0.29, 0.717) is 12.8 Å². The molecule has 10 heteroatoms. The van der Waals surface area contributed by atoms with Crippen LogP contribution in [0.15, 0.2) is 97.2 Å². The van der Waals surface area contributed by atoms with E-state index in [0.717, 1.165) is 77.0 Å². The Labute approximate surface area is 334 Å². The van der Waals surface area contributed by atoms with Crippen LogP contribution in [0, 0.1) is 0 Å². The lowest BCUT2D eigenvalue weighted by Crippen LogP contribution is -2.29. The number of carbonyl (C=O) groups excluding carboxylic acids is 2. The number of phosphoric ester groups is 1. The van der Waals surface area contributed by atoms with Crippen LogP contribution in [-0.4, -0.2) is 49.3 Å². The highest BCUT2D eigenvalue weighted by Crippen LogP contribution is 2.43. The lowest BCUT2D eigenvalue weighted by Gasteiger charge is -2.19. The van der Waals surface area contributed by atoms with Crippen molar-refractivity contribution in [2.45, 2.75) is 148 Å². The number of carbonyl (C=O) groups is 2. The standard InChI is InChI=1S/C45H74NO8P/c1-3-5-7-9-11-13-15-17-19-20-21-22-24-26-28-30-32-34-36-38-45(48)54-43(42-53-55(49,50)52-40-39-46)41-51-44(47)37-35-33-31-29-27-25-23-18-16-14-12-10-8-6-4-2/h6,8,11-14,17-19,21-23,26-29,43H,3-5,7,9-10,15-16,20,24-25,30-42,46H2,1-2H3,(H,49,50)/b8-6+,13-11+,14-12+,19-17+,22-21+,23-18+,28-26+,29-27+/t43-/m1/s1. The van der Waals surface area contributed by atoms with E-state index in [-0.39, 0.29) is 32.6 Å². The number of hydrogen-bond acceptors (Lipinski definition) is 8. The van der Waals surface area contributed by atoms with E-state index >= 15 is 0 Å². The molecular weight excluding hydrogens is 713 g/mol. The molecule has 3 N–H and O–H groups in total. The highest BCUT2D eigenvalue weighted by Gasteiger charge is 2.25. The van der Waals surface area contributed by atoms with Crippen LogP contribution >= 0.6 is 7.82 Å². The van der Waals surface area contributed by atoms with Crippen molar-refractivity contribution in [2.75, 3.05) is 26.4 Å². The van der Waals surface area contributed by atoms with E-state index in [1.807, 2.05) is 0 Å². The third kappa shape index (κ3) is 40.4. The molecule has 0 saturated heterocycles. The van der Waals surface area contributed by atoms with Crippen molar-refractivity contribution in [3.8, 4) is 0 Å². The molecule has 0 saturated carbocycles. The maximum absolute atomic E-state index is 12.6. The van der Waals surface area contributed by atoms with Gasteiger partial charge < -0.3 is 20.1 Å². The molecule has 0 aliphatic rings. The molecule has 1 unspecified atom stereocenters. The maximum Gasteiger partial charge on any atom is 0.472 e. The van der Waals surface area contributed by atoms with E-state index in [1.54, 1.807) is 0 Å². The Morgan fingerprint density at radius 2 is 1.00 bits per heavy atom. The first-order valence-electron chi connectivity index (χ1n) is 20.7. The highest BCUT2D eigenvalue weighted by molar-refractivity contribution is 7.47. The predicted molar refractivity (Wildman–Crippen MR) is 228 cm³/mol. The predicted octanol–water partition coefficient (Wildman–Crippen LogP) is 11.8. The van der Waals surface area contributed by atoms with Crippen LogP contribution in [0.3, 0.4) is 0 Å². The summed E-state index contributed by atoms with van der Waals surface area (Å²) in [6, 6.07) is 0. The largest absolute Gasteiger partial charge is 0.472 e. The van der Waals surface area contributed by atoms with Gasteiger partial charge in [0.05, 0.1) is 13.2 Å². The Morgan fingerprint density at radius 3 is 1.49 bits per heavy atom. The molecule has 55 heavy (non-hydrogen) atoms. The maximum atomic E-state index is 12.6. The first-order valence-corrected chi connectivity index (χ1v) is 22.2. The lowest BCUT2D eigenvalue weighted by molar-refractivity contribution is -0.161. The summed E-state index contributed by atoms with van der Waals surface area (Å²) in [7, 11) is -4.40. The van der Waals surface area contributed by atoms with Crippen LogP contribution in [0.2, 0.25) is 0 Å². The molecule has 0 rings (SSSR count). The zero-order valence-electron chi connectivity index (χ0n) is 34.1. The summed E-state index contributed by atoms with van der Waals surface area (Å²) in [5, 5.41) is 0. The first kappa shape index (κ1) is 51.9. The summed E-state index contributed by atoms with van der Waals surface area (Å²) in [6.07, 6.45) is 51.5. The number of rotatable bonds is 37. The van der Waals surface area contributed by atoms with Crippen molar-refractivity contribution in [1.29, 1.82) is 0 Å². The van der Waals surface area contributed by atoms with E-state index < -0.39 is 32.5 Å². The molecule has 0 aliphatic carbocycles. The minimum absolute atomic E-state index is 0.0363. The zero-order valence-corrected chi connectivity index (χ0v) is 35.0. The van der Waals surface area contributed by atoms with Gasteiger partial charge in [0.2, 0.25) is 0 Å². The smallest absolute Gasteiger partial charge is 0.462 e. The summed E-state index contributed by atoms with van der Waals surface area (Å²) in [4.78, 5) is 34.8. The second-order valence-electron chi connectivity index (χ2n) is 13.1. The molecule has 0 aromatic carbocycles. The highest BCUT2D eigenvalue weighted by atomic mass is 31.2. The molecule has 0 radical (unpaired) electrons. The Balaban J connectivity index is 4.34. The molecule has 0 aromatic rings. The van der Waals surface area contributed by atoms with Crippen LogP contribution in [0.25, 0.3) is 0 Å². The van der Waals surface area contributed by atoms with Crippen LogP contribution in [0.5, 0.6) is 0 Å². The number of esters is 2. The van der Waals surface area contributed by atoms with Gasteiger partial charge in [-0.05, 0) is 96.3 Å². The average molecular weight is 788 g/mol. The number of phosphoric acid groups is 1. The van der Waals surface area contributed by atoms with Gasteiger partial charge in [0.15, 0.2) is 6.10 Å². The van der Waals surface area contributed by atoms with Crippen molar-refractivity contribution in [1.82, 2.24) is 0 Å².